The monoisotopic (exact) mass is 262 g/mol. The maximum absolute atomic E-state index is 11.9. The molecule has 0 spiro atoms. The van der Waals surface area contributed by atoms with Gasteiger partial charge in [0.2, 0.25) is 0 Å². The Hall–Kier alpha value is -0.770. The molecule has 0 N–H and O–H groups in total. The van der Waals surface area contributed by atoms with E-state index in [1.54, 1.807) is 0 Å². The van der Waals surface area contributed by atoms with Crippen molar-refractivity contribution in [2.75, 3.05) is 20.1 Å². The lowest BCUT2D eigenvalue weighted by Gasteiger charge is -2.37. The van der Waals surface area contributed by atoms with Gasteiger partial charge in [-0.1, -0.05) is 6.42 Å². The number of ether oxygens (including phenoxy) is 2. The Morgan fingerprint density at radius 3 is 2.59 bits per heavy atom. The number of hydrogen-bond acceptors (Lipinski definition) is 4. The fourth-order valence-corrected chi connectivity index (χ4v) is 3.00. The number of esters is 2. The first kappa shape index (κ1) is 14.3. The Morgan fingerprint density at radius 2 is 2.06 bits per heavy atom. The summed E-state index contributed by atoms with van der Waals surface area (Å²) < 4.78 is 9.61. The van der Waals surface area contributed by atoms with E-state index in [1.807, 2.05) is 0 Å². The van der Waals surface area contributed by atoms with Crippen LogP contribution in [0.25, 0.3) is 0 Å². The molecule has 0 unspecified atom stereocenters. The van der Waals surface area contributed by atoms with E-state index in [0.29, 0.717) is 18.7 Å². The maximum Gasteiger partial charge on any atom is 0.311 e. The highest BCUT2D eigenvalue weighted by atomic mass is 35.5. The minimum absolute atomic E-state index is 0.212. The molecule has 1 aliphatic carbocycles. The van der Waals surface area contributed by atoms with Crippen LogP contribution in [0.1, 0.15) is 32.1 Å². The average molecular weight is 263 g/mol. The molecule has 5 heteroatoms. The molecule has 0 aliphatic heterocycles. The number of rotatable bonds is 4. The zero-order valence-corrected chi connectivity index (χ0v) is 11.1. The largest absolute Gasteiger partial charge is 0.469 e. The highest BCUT2D eigenvalue weighted by molar-refractivity contribution is 6.18. The van der Waals surface area contributed by atoms with Gasteiger partial charge in [-0.2, -0.15) is 0 Å². The molecular weight excluding hydrogens is 244 g/mol. The summed E-state index contributed by atoms with van der Waals surface area (Å²) in [6.45, 7) is 0. The molecule has 1 aliphatic rings. The van der Waals surface area contributed by atoms with Crippen LogP contribution in [-0.2, 0) is 19.1 Å². The molecule has 17 heavy (non-hydrogen) atoms. The number of halogens is 1. The van der Waals surface area contributed by atoms with Crippen molar-refractivity contribution in [2.24, 2.45) is 11.3 Å². The minimum atomic E-state index is -0.604. The molecule has 4 nitrogen and oxygen atoms in total. The van der Waals surface area contributed by atoms with Crippen molar-refractivity contribution in [1.29, 1.82) is 0 Å². The summed E-state index contributed by atoms with van der Waals surface area (Å²) in [5, 5.41) is 0. The third kappa shape index (κ3) is 3.12. The van der Waals surface area contributed by atoms with E-state index in [1.165, 1.54) is 14.2 Å². The van der Waals surface area contributed by atoms with Crippen LogP contribution in [0.2, 0.25) is 0 Å². The van der Waals surface area contributed by atoms with Crippen LogP contribution >= 0.6 is 11.6 Å². The van der Waals surface area contributed by atoms with Crippen molar-refractivity contribution >= 4 is 23.5 Å². The van der Waals surface area contributed by atoms with E-state index < -0.39 is 5.41 Å². The zero-order valence-electron chi connectivity index (χ0n) is 10.3. The number of carbonyl (C=O) groups excluding carboxylic acids is 2. The smallest absolute Gasteiger partial charge is 0.311 e. The Bertz CT molecular complexity index is 288. The van der Waals surface area contributed by atoms with Crippen LogP contribution in [-0.4, -0.2) is 32.0 Å². The summed E-state index contributed by atoms with van der Waals surface area (Å²) in [5.41, 5.74) is -0.604. The van der Waals surface area contributed by atoms with Crippen LogP contribution in [0, 0.1) is 11.3 Å². The van der Waals surface area contributed by atoms with Gasteiger partial charge in [0, 0.05) is 5.88 Å². The maximum atomic E-state index is 11.9. The standard InChI is InChI=1S/C12H19ClO4/c1-16-10(14)9-4-3-5-12(8-9,6-7-13)11(15)17-2/h9H,3-8H2,1-2H3/t9-,12+/m1/s1. The summed E-state index contributed by atoms with van der Waals surface area (Å²) in [5.74, 6) is -0.321. The lowest BCUT2D eigenvalue weighted by Crippen LogP contribution is -2.40. The zero-order chi connectivity index (χ0) is 12.9. The summed E-state index contributed by atoms with van der Waals surface area (Å²) >= 11 is 5.76. The molecule has 1 saturated carbocycles. The van der Waals surface area contributed by atoms with Crippen molar-refractivity contribution < 1.29 is 19.1 Å². The molecule has 0 radical (unpaired) electrons. The summed E-state index contributed by atoms with van der Waals surface area (Å²) in [6, 6.07) is 0. The van der Waals surface area contributed by atoms with Gasteiger partial charge in [0.05, 0.1) is 25.6 Å². The second-order valence-electron chi connectivity index (χ2n) is 4.53. The topological polar surface area (TPSA) is 52.6 Å². The first-order chi connectivity index (χ1) is 8.09. The van der Waals surface area contributed by atoms with Gasteiger partial charge in [-0.15, -0.1) is 11.6 Å². The summed E-state index contributed by atoms with van der Waals surface area (Å²) in [6.07, 6.45) is 3.37. The second kappa shape index (κ2) is 6.24. The van der Waals surface area contributed by atoms with Gasteiger partial charge in [0.25, 0.3) is 0 Å². The number of alkyl halides is 1. The highest BCUT2D eigenvalue weighted by Crippen LogP contribution is 2.43. The van der Waals surface area contributed by atoms with Crippen LogP contribution in [0.3, 0.4) is 0 Å². The molecule has 0 amide bonds. The van der Waals surface area contributed by atoms with E-state index >= 15 is 0 Å². The summed E-state index contributed by atoms with van der Waals surface area (Å²) in [7, 11) is 2.75. The molecular formula is C12H19ClO4. The second-order valence-corrected chi connectivity index (χ2v) is 4.91. The third-order valence-corrected chi connectivity index (χ3v) is 3.76. The molecule has 0 aromatic heterocycles. The lowest BCUT2D eigenvalue weighted by molar-refractivity contribution is -0.160. The fourth-order valence-electron chi connectivity index (χ4n) is 2.64. The van der Waals surface area contributed by atoms with E-state index in [-0.39, 0.29) is 17.9 Å². The van der Waals surface area contributed by atoms with E-state index in [0.717, 1.165) is 19.3 Å². The SMILES string of the molecule is COC(=O)[C@@H]1CCC[C@@](CCCl)(C(=O)OC)C1. The number of carbonyl (C=O) groups is 2. The first-order valence-corrected chi connectivity index (χ1v) is 6.35. The summed E-state index contributed by atoms with van der Waals surface area (Å²) in [4.78, 5) is 23.5. The Labute approximate surface area is 107 Å². The van der Waals surface area contributed by atoms with E-state index in [9.17, 15) is 9.59 Å². The van der Waals surface area contributed by atoms with Gasteiger partial charge in [0.1, 0.15) is 0 Å². The van der Waals surface area contributed by atoms with Gasteiger partial charge in [-0.3, -0.25) is 9.59 Å². The molecule has 0 saturated heterocycles. The van der Waals surface area contributed by atoms with Gasteiger partial charge in [-0.25, -0.2) is 0 Å². The number of hydrogen-bond donors (Lipinski definition) is 0. The molecule has 0 bridgehead atoms. The molecule has 0 heterocycles. The van der Waals surface area contributed by atoms with E-state index in [2.05, 4.69) is 0 Å². The molecule has 2 atom stereocenters. The normalized spacial score (nSPS) is 28.5. The first-order valence-electron chi connectivity index (χ1n) is 5.82. The van der Waals surface area contributed by atoms with Crippen molar-refractivity contribution in [3.05, 3.63) is 0 Å². The number of methoxy groups -OCH3 is 2. The van der Waals surface area contributed by atoms with Gasteiger partial charge in [-0.05, 0) is 25.7 Å². The Balaban J connectivity index is 2.83. The molecule has 98 valence electrons. The van der Waals surface area contributed by atoms with Gasteiger partial charge in [0.15, 0.2) is 0 Å². The fraction of sp³-hybridized carbons (Fsp3) is 0.833. The van der Waals surface area contributed by atoms with Gasteiger partial charge >= 0.3 is 11.9 Å². The average Bonchev–Trinajstić information content (AvgIpc) is 2.37. The third-order valence-electron chi connectivity index (χ3n) is 3.57. The van der Waals surface area contributed by atoms with Crippen molar-refractivity contribution in [2.45, 2.75) is 32.1 Å². The molecule has 1 rings (SSSR count). The quantitative estimate of drug-likeness (QED) is 0.575. The van der Waals surface area contributed by atoms with Crippen LogP contribution in [0.5, 0.6) is 0 Å². The predicted octanol–water partition coefficient (Wildman–Crippen LogP) is 2.14. The Kier molecular flexibility index (Phi) is 5.25. The van der Waals surface area contributed by atoms with Crippen LogP contribution < -0.4 is 0 Å². The van der Waals surface area contributed by atoms with Crippen molar-refractivity contribution in [3.63, 3.8) is 0 Å². The van der Waals surface area contributed by atoms with E-state index in [4.69, 9.17) is 21.1 Å². The highest BCUT2D eigenvalue weighted by Gasteiger charge is 2.45. The van der Waals surface area contributed by atoms with Crippen molar-refractivity contribution in [1.82, 2.24) is 0 Å². The Morgan fingerprint density at radius 1 is 1.35 bits per heavy atom. The minimum Gasteiger partial charge on any atom is -0.469 e. The van der Waals surface area contributed by atoms with Crippen LogP contribution in [0.15, 0.2) is 0 Å². The molecule has 0 aromatic rings. The molecule has 1 fully saturated rings. The van der Waals surface area contributed by atoms with Gasteiger partial charge < -0.3 is 9.47 Å². The lowest BCUT2D eigenvalue weighted by atomic mass is 9.68. The van der Waals surface area contributed by atoms with Crippen LogP contribution in [0.4, 0.5) is 0 Å². The predicted molar refractivity (Wildman–Crippen MR) is 63.8 cm³/mol. The molecule has 0 aromatic carbocycles. The van der Waals surface area contributed by atoms with Crippen molar-refractivity contribution in [3.8, 4) is 0 Å².